The molecule has 1 heterocycles. The van der Waals surface area contributed by atoms with Gasteiger partial charge in [0, 0.05) is 19.5 Å². The molecule has 0 bridgehead atoms. The molecule has 0 aliphatic heterocycles. The Labute approximate surface area is 101 Å². The SMILES string of the molecule is CCN(CCC(N)=S)c1nnc(C)c(C)n1. The van der Waals surface area contributed by atoms with E-state index in [4.69, 9.17) is 18.0 Å². The molecule has 1 aromatic heterocycles. The van der Waals surface area contributed by atoms with E-state index in [0.29, 0.717) is 17.4 Å². The maximum absolute atomic E-state index is 5.48. The van der Waals surface area contributed by atoms with E-state index in [1.807, 2.05) is 25.7 Å². The fourth-order valence-corrected chi connectivity index (χ4v) is 1.32. The molecule has 0 saturated heterocycles. The van der Waals surface area contributed by atoms with Gasteiger partial charge in [0.25, 0.3) is 0 Å². The van der Waals surface area contributed by atoms with Gasteiger partial charge in [0.2, 0.25) is 5.95 Å². The molecule has 0 saturated carbocycles. The van der Waals surface area contributed by atoms with Gasteiger partial charge in [-0.1, -0.05) is 12.2 Å². The van der Waals surface area contributed by atoms with Crippen LogP contribution in [0.3, 0.4) is 0 Å². The van der Waals surface area contributed by atoms with Crippen LogP contribution in [0.4, 0.5) is 5.95 Å². The summed E-state index contributed by atoms with van der Waals surface area (Å²) in [6, 6.07) is 0. The second-order valence-corrected chi connectivity index (χ2v) is 4.10. The fraction of sp³-hybridized carbons (Fsp3) is 0.600. The number of nitrogens with zero attached hydrogens (tertiary/aromatic N) is 4. The molecule has 0 spiro atoms. The van der Waals surface area contributed by atoms with Crippen LogP contribution in [0.25, 0.3) is 0 Å². The Bertz CT molecular complexity index is 379. The summed E-state index contributed by atoms with van der Waals surface area (Å²) in [6.45, 7) is 7.40. The van der Waals surface area contributed by atoms with E-state index in [-0.39, 0.29) is 0 Å². The first kappa shape index (κ1) is 12.8. The Morgan fingerprint density at radius 1 is 1.31 bits per heavy atom. The first-order chi connectivity index (χ1) is 7.54. The zero-order valence-corrected chi connectivity index (χ0v) is 10.7. The second kappa shape index (κ2) is 5.69. The van der Waals surface area contributed by atoms with Crippen molar-refractivity contribution in [3.8, 4) is 0 Å². The molecule has 0 fully saturated rings. The maximum Gasteiger partial charge on any atom is 0.245 e. The molecule has 2 N–H and O–H groups in total. The van der Waals surface area contributed by atoms with Gasteiger partial charge in [0.1, 0.15) is 0 Å². The first-order valence-electron chi connectivity index (χ1n) is 5.25. The van der Waals surface area contributed by atoms with Gasteiger partial charge in [-0.15, -0.1) is 5.10 Å². The molecule has 1 rings (SSSR count). The van der Waals surface area contributed by atoms with Crippen LogP contribution in [0, 0.1) is 13.8 Å². The molecule has 0 amide bonds. The van der Waals surface area contributed by atoms with Crippen LogP contribution in [0.2, 0.25) is 0 Å². The fourth-order valence-electron chi connectivity index (χ4n) is 1.22. The molecule has 0 aliphatic carbocycles. The minimum atomic E-state index is 0.509. The molecular formula is C10H17N5S. The van der Waals surface area contributed by atoms with Crippen molar-refractivity contribution in [3.63, 3.8) is 0 Å². The molecule has 0 unspecified atom stereocenters. The predicted molar refractivity (Wildman–Crippen MR) is 68.6 cm³/mol. The van der Waals surface area contributed by atoms with Gasteiger partial charge in [-0.05, 0) is 20.8 Å². The van der Waals surface area contributed by atoms with Crippen LogP contribution in [0.5, 0.6) is 0 Å². The van der Waals surface area contributed by atoms with Crippen LogP contribution in [-0.2, 0) is 0 Å². The minimum absolute atomic E-state index is 0.509. The summed E-state index contributed by atoms with van der Waals surface area (Å²) < 4.78 is 0. The van der Waals surface area contributed by atoms with Crippen molar-refractivity contribution in [3.05, 3.63) is 11.4 Å². The molecule has 0 aliphatic rings. The molecule has 1 aromatic rings. The summed E-state index contributed by atoms with van der Waals surface area (Å²) in [7, 11) is 0. The third-order valence-corrected chi connectivity index (χ3v) is 2.58. The highest BCUT2D eigenvalue weighted by Gasteiger charge is 2.09. The number of aryl methyl sites for hydroxylation is 2. The molecule has 88 valence electrons. The number of anilines is 1. The lowest BCUT2D eigenvalue weighted by atomic mass is 10.3. The van der Waals surface area contributed by atoms with Gasteiger partial charge in [-0.25, -0.2) is 4.98 Å². The summed E-state index contributed by atoms with van der Waals surface area (Å²) in [5.41, 5.74) is 7.23. The molecule has 6 heteroatoms. The molecule has 5 nitrogen and oxygen atoms in total. The largest absolute Gasteiger partial charge is 0.393 e. The van der Waals surface area contributed by atoms with Gasteiger partial charge < -0.3 is 10.6 Å². The number of hydrogen-bond donors (Lipinski definition) is 1. The Kier molecular flexibility index (Phi) is 4.54. The monoisotopic (exact) mass is 239 g/mol. The first-order valence-corrected chi connectivity index (χ1v) is 5.66. The number of aromatic nitrogens is 3. The Morgan fingerprint density at radius 3 is 2.50 bits per heavy atom. The molecule has 0 radical (unpaired) electrons. The van der Waals surface area contributed by atoms with Crippen LogP contribution in [-0.4, -0.2) is 33.3 Å². The van der Waals surface area contributed by atoms with E-state index < -0.39 is 0 Å². The highest BCUT2D eigenvalue weighted by molar-refractivity contribution is 7.80. The topological polar surface area (TPSA) is 67.9 Å². The highest BCUT2D eigenvalue weighted by Crippen LogP contribution is 2.08. The summed E-state index contributed by atoms with van der Waals surface area (Å²) in [5.74, 6) is 0.641. The smallest absolute Gasteiger partial charge is 0.245 e. The average Bonchev–Trinajstić information content (AvgIpc) is 2.23. The number of hydrogen-bond acceptors (Lipinski definition) is 5. The molecule has 0 atom stereocenters. The zero-order chi connectivity index (χ0) is 12.1. The quantitative estimate of drug-likeness (QED) is 0.773. The Hall–Kier alpha value is -1.30. The van der Waals surface area contributed by atoms with E-state index in [1.54, 1.807) is 0 Å². The van der Waals surface area contributed by atoms with Gasteiger partial charge in [-0.2, -0.15) is 5.10 Å². The Morgan fingerprint density at radius 2 is 2.00 bits per heavy atom. The van der Waals surface area contributed by atoms with Crippen molar-refractivity contribution in [1.82, 2.24) is 15.2 Å². The third-order valence-electron chi connectivity index (χ3n) is 2.37. The van der Waals surface area contributed by atoms with Crippen LogP contribution < -0.4 is 10.6 Å². The second-order valence-electron chi connectivity index (χ2n) is 3.58. The van der Waals surface area contributed by atoms with E-state index >= 15 is 0 Å². The van der Waals surface area contributed by atoms with E-state index in [9.17, 15) is 0 Å². The minimum Gasteiger partial charge on any atom is -0.393 e. The maximum atomic E-state index is 5.48. The van der Waals surface area contributed by atoms with Crippen molar-refractivity contribution >= 4 is 23.2 Å². The predicted octanol–water partition coefficient (Wildman–Crippen LogP) is 0.991. The van der Waals surface area contributed by atoms with Gasteiger partial charge in [-0.3, -0.25) is 0 Å². The molecule has 16 heavy (non-hydrogen) atoms. The van der Waals surface area contributed by atoms with Crippen LogP contribution >= 0.6 is 12.2 Å². The summed E-state index contributed by atoms with van der Waals surface area (Å²) >= 11 is 4.85. The summed E-state index contributed by atoms with van der Waals surface area (Å²) in [5, 5.41) is 8.13. The number of rotatable bonds is 5. The van der Waals surface area contributed by atoms with Gasteiger partial charge >= 0.3 is 0 Å². The molecule has 0 aromatic carbocycles. The van der Waals surface area contributed by atoms with Crippen molar-refractivity contribution in [2.45, 2.75) is 27.2 Å². The number of nitrogens with two attached hydrogens (primary N) is 1. The standard InChI is InChI=1S/C10H17N5S/c1-4-15(6-5-9(11)16)10-12-7(2)8(3)13-14-10/h4-6H2,1-3H3,(H2,11,16). The van der Waals surface area contributed by atoms with E-state index in [0.717, 1.165) is 24.5 Å². The highest BCUT2D eigenvalue weighted by atomic mass is 32.1. The summed E-state index contributed by atoms with van der Waals surface area (Å²) in [6.07, 6.45) is 0.666. The van der Waals surface area contributed by atoms with Crippen LogP contribution in [0.1, 0.15) is 24.7 Å². The zero-order valence-electron chi connectivity index (χ0n) is 9.90. The Balaban J connectivity index is 2.78. The van der Waals surface area contributed by atoms with Crippen molar-refractivity contribution in [1.29, 1.82) is 0 Å². The van der Waals surface area contributed by atoms with Crippen molar-refractivity contribution in [2.24, 2.45) is 5.73 Å². The van der Waals surface area contributed by atoms with E-state index in [2.05, 4.69) is 15.2 Å². The van der Waals surface area contributed by atoms with Gasteiger partial charge in [0.15, 0.2) is 0 Å². The lowest BCUT2D eigenvalue weighted by Gasteiger charge is -2.20. The van der Waals surface area contributed by atoms with Gasteiger partial charge in [0.05, 0.1) is 16.4 Å². The normalized spacial score (nSPS) is 10.2. The molecular weight excluding hydrogens is 222 g/mol. The summed E-state index contributed by atoms with van der Waals surface area (Å²) in [4.78, 5) is 6.91. The van der Waals surface area contributed by atoms with E-state index in [1.165, 1.54) is 0 Å². The average molecular weight is 239 g/mol. The lowest BCUT2D eigenvalue weighted by molar-refractivity contribution is 0.761. The third kappa shape index (κ3) is 3.37. The van der Waals surface area contributed by atoms with Crippen molar-refractivity contribution in [2.75, 3.05) is 18.0 Å². The lowest BCUT2D eigenvalue weighted by Crippen LogP contribution is -2.29. The van der Waals surface area contributed by atoms with Crippen molar-refractivity contribution < 1.29 is 0 Å². The van der Waals surface area contributed by atoms with Crippen LogP contribution in [0.15, 0.2) is 0 Å². The number of thiocarbonyl (C=S) groups is 1.